The fourth-order valence-corrected chi connectivity index (χ4v) is 2.44. The van der Waals surface area contributed by atoms with Crippen LogP contribution in [-0.4, -0.2) is 25.8 Å². The number of benzene rings is 2. The van der Waals surface area contributed by atoms with Gasteiger partial charge in [-0.1, -0.05) is 18.2 Å². The third-order valence-corrected chi connectivity index (χ3v) is 3.62. The summed E-state index contributed by atoms with van der Waals surface area (Å²) < 4.78 is 13.9. The van der Waals surface area contributed by atoms with Crippen molar-refractivity contribution in [1.29, 1.82) is 0 Å². The maximum Gasteiger partial charge on any atom is 0.251 e. The monoisotopic (exact) mass is 314 g/mol. The van der Waals surface area contributed by atoms with Crippen LogP contribution >= 0.6 is 0 Å². The fraction of sp³-hybridized carbons (Fsp3) is 0.222. The van der Waals surface area contributed by atoms with Crippen molar-refractivity contribution in [2.75, 3.05) is 19.0 Å². The van der Waals surface area contributed by atoms with Gasteiger partial charge in [-0.15, -0.1) is 0 Å². The lowest BCUT2D eigenvalue weighted by atomic mass is 10.1. The summed E-state index contributed by atoms with van der Waals surface area (Å²) >= 11 is 0. The standard InChI is InChI=1S/C18H19FN2O2/c1-12(22)17-15(19)5-4-6-16(17)21(3)11-13-7-9-14(10-8-13)18(23)20-2/h4-10H,11H2,1-3H3,(H,20,23). The smallest absolute Gasteiger partial charge is 0.251 e. The molecule has 0 heterocycles. The van der Waals surface area contributed by atoms with E-state index in [1.165, 1.54) is 13.0 Å². The number of Topliss-reactive ketones (excluding diaryl/α,β-unsaturated/α-hetero) is 1. The van der Waals surface area contributed by atoms with E-state index in [0.717, 1.165) is 5.56 Å². The van der Waals surface area contributed by atoms with Gasteiger partial charge in [0, 0.05) is 26.2 Å². The number of anilines is 1. The molecule has 0 saturated carbocycles. The van der Waals surface area contributed by atoms with Crippen LogP contribution < -0.4 is 10.2 Å². The number of nitrogens with one attached hydrogen (secondary N) is 1. The summed E-state index contributed by atoms with van der Waals surface area (Å²) in [4.78, 5) is 25.0. The van der Waals surface area contributed by atoms with Gasteiger partial charge < -0.3 is 10.2 Å². The van der Waals surface area contributed by atoms with E-state index in [-0.39, 0.29) is 17.3 Å². The molecule has 0 radical (unpaired) electrons. The van der Waals surface area contributed by atoms with Gasteiger partial charge >= 0.3 is 0 Å². The van der Waals surface area contributed by atoms with Crippen LogP contribution in [0.1, 0.15) is 33.2 Å². The first-order chi connectivity index (χ1) is 10.9. The molecule has 4 nitrogen and oxygen atoms in total. The first kappa shape index (κ1) is 16.7. The van der Waals surface area contributed by atoms with Crippen molar-refractivity contribution in [3.63, 3.8) is 0 Å². The van der Waals surface area contributed by atoms with Crippen molar-refractivity contribution >= 4 is 17.4 Å². The van der Waals surface area contributed by atoms with Gasteiger partial charge in [-0.2, -0.15) is 0 Å². The zero-order valence-corrected chi connectivity index (χ0v) is 13.4. The van der Waals surface area contributed by atoms with Crippen LogP contribution in [0.25, 0.3) is 0 Å². The molecule has 0 unspecified atom stereocenters. The van der Waals surface area contributed by atoms with Crippen LogP contribution in [0, 0.1) is 5.82 Å². The zero-order valence-electron chi connectivity index (χ0n) is 13.4. The molecule has 0 aliphatic heterocycles. The van der Waals surface area contributed by atoms with E-state index in [4.69, 9.17) is 0 Å². The Kier molecular flexibility index (Phi) is 5.11. The van der Waals surface area contributed by atoms with Crippen LogP contribution in [0.2, 0.25) is 0 Å². The molecule has 1 N–H and O–H groups in total. The number of rotatable bonds is 5. The molecular weight excluding hydrogens is 295 g/mol. The molecule has 5 heteroatoms. The number of hydrogen-bond acceptors (Lipinski definition) is 3. The Morgan fingerprint density at radius 2 is 1.78 bits per heavy atom. The number of amides is 1. The predicted octanol–water partition coefficient (Wildman–Crippen LogP) is 3.02. The summed E-state index contributed by atoms with van der Waals surface area (Å²) in [6, 6.07) is 11.7. The molecule has 0 spiro atoms. The average molecular weight is 314 g/mol. The molecule has 0 aliphatic rings. The normalized spacial score (nSPS) is 10.3. The molecular formula is C18H19FN2O2. The van der Waals surface area contributed by atoms with Gasteiger partial charge in [0.25, 0.3) is 5.91 Å². The second-order valence-corrected chi connectivity index (χ2v) is 5.32. The lowest BCUT2D eigenvalue weighted by molar-refractivity contribution is 0.0961. The lowest BCUT2D eigenvalue weighted by Gasteiger charge is -2.22. The maximum absolute atomic E-state index is 13.9. The first-order valence-corrected chi connectivity index (χ1v) is 7.25. The van der Waals surface area contributed by atoms with E-state index >= 15 is 0 Å². The molecule has 23 heavy (non-hydrogen) atoms. The van der Waals surface area contributed by atoms with E-state index in [1.807, 2.05) is 17.0 Å². The maximum atomic E-state index is 13.9. The summed E-state index contributed by atoms with van der Waals surface area (Å²) in [6.45, 7) is 1.85. The highest BCUT2D eigenvalue weighted by Gasteiger charge is 2.16. The van der Waals surface area contributed by atoms with Crippen LogP contribution in [-0.2, 0) is 6.54 Å². The summed E-state index contributed by atoms with van der Waals surface area (Å²) in [7, 11) is 3.38. The zero-order chi connectivity index (χ0) is 17.0. The second kappa shape index (κ2) is 7.05. The Bertz CT molecular complexity index is 726. The van der Waals surface area contributed by atoms with Crippen molar-refractivity contribution in [3.8, 4) is 0 Å². The fourth-order valence-electron chi connectivity index (χ4n) is 2.44. The topological polar surface area (TPSA) is 49.4 Å². The summed E-state index contributed by atoms with van der Waals surface area (Å²) in [5.41, 5.74) is 2.18. The SMILES string of the molecule is CNC(=O)c1ccc(CN(C)c2cccc(F)c2C(C)=O)cc1. The van der Waals surface area contributed by atoms with E-state index in [0.29, 0.717) is 17.8 Å². The minimum atomic E-state index is -0.517. The van der Waals surface area contributed by atoms with Gasteiger partial charge in [-0.05, 0) is 36.8 Å². The average Bonchev–Trinajstić information content (AvgIpc) is 2.54. The van der Waals surface area contributed by atoms with Crippen molar-refractivity contribution in [2.24, 2.45) is 0 Å². The van der Waals surface area contributed by atoms with E-state index in [2.05, 4.69) is 5.32 Å². The molecule has 1 amide bonds. The van der Waals surface area contributed by atoms with Crippen molar-refractivity contribution < 1.29 is 14.0 Å². The van der Waals surface area contributed by atoms with Crippen LogP contribution in [0.4, 0.5) is 10.1 Å². The number of halogens is 1. The van der Waals surface area contributed by atoms with Crippen molar-refractivity contribution in [2.45, 2.75) is 13.5 Å². The Hall–Kier alpha value is -2.69. The highest BCUT2D eigenvalue weighted by atomic mass is 19.1. The highest BCUT2D eigenvalue weighted by molar-refractivity contribution is 6.00. The molecule has 2 aromatic carbocycles. The third kappa shape index (κ3) is 3.74. The Labute approximate surface area is 134 Å². The van der Waals surface area contributed by atoms with Gasteiger partial charge in [-0.25, -0.2) is 4.39 Å². The highest BCUT2D eigenvalue weighted by Crippen LogP contribution is 2.24. The Balaban J connectivity index is 2.23. The molecule has 0 aromatic heterocycles. The van der Waals surface area contributed by atoms with Gasteiger partial charge in [0.1, 0.15) is 5.82 Å². The van der Waals surface area contributed by atoms with Gasteiger partial charge in [0.05, 0.1) is 11.3 Å². The van der Waals surface area contributed by atoms with Crippen molar-refractivity contribution in [1.82, 2.24) is 5.32 Å². The molecule has 0 fully saturated rings. The third-order valence-electron chi connectivity index (χ3n) is 3.62. The molecule has 0 bridgehead atoms. The summed E-state index contributed by atoms with van der Waals surface area (Å²) in [5.74, 6) is -0.967. The Morgan fingerprint density at radius 3 is 2.35 bits per heavy atom. The quantitative estimate of drug-likeness (QED) is 0.863. The molecule has 0 saturated heterocycles. The number of ketones is 1. The van der Waals surface area contributed by atoms with Crippen LogP contribution in [0.5, 0.6) is 0 Å². The number of carbonyl (C=O) groups excluding carboxylic acids is 2. The van der Waals surface area contributed by atoms with Gasteiger partial charge in [0.15, 0.2) is 5.78 Å². The summed E-state index contributed by atoms with van der Waals surface area (Å²) in [5, 5.41) is 2.56. The molecule has 2 aromatic rings. The van der Waals surface area contributed by atoms with E-state index < -0.39 is 5.82 Å². The van der Waals surface area contributed by atoms with Crippen molar-refractivity contribution in [3.05, 3.63) is 65.0 Å². The molecule has 0 atom stereocenters. The number of hydrogen-bond donors (Lipinski definition) is 1. The first-order valence-electron chi connectivity index (χ1n) is 7.25. The van der Waals surface area contributed by atoms with E-state index in [1.54, 1.807) is 38.4 Å². The number of nitrogens with zero attached hydrogens (tertiary/aromatic N) is 1. The molecule has 2 rings (SSSR count). The molecule has 120 valence electrons. The van der Waals surface area contributed by atoms with Gasteiger partial charge in [-0.3, -0.25) is 9.59 Å². The van der Waals surface area contributed by atoms with Crippen LogP contribution in [0.3, 0.4) is 0 Å². The second-order valence-electron chi connectivity index (χ2n) is 5.32. The van der Waals surface area contributed by atoms with E-state index in [9.17, 15) is 14.0 Å². The minimum Gasteiger partial charge on any atom is -0.370 e. The van der Waals surface area contributed by atoms with Gasteiger partial charge in [0.2, 0.25) is 0 Å². The largest absolute Gasteiger partial charge is 0.370 e. The Morgan fingerprint density at radius 1 is 1.13 bits per heavy atom. The number of carbonyl (C=O) groups is 2. The van der Waals surface area contributed by atoms with Crippen LogP contribution in [0.15, 0.2) is 42.5 Å². The minimum absolute atomic E-state index is 0.0944. The molecule has 0 aliphatic carbocycles. The summed E-state index contributed by atoms with van der Waals surface area (Å²) in [6.07, 6.45) is 0. The predicted molar refractivity (Wildman–Crippen MR) is 88.3 cm³/mol. The lowest BCUT2D eigenvalue weighted by Crippen LogP contribution is -2.20.